The van der Waals surface area contributed by atoms with Gasteiger partial charge in [0.1, 0.15) is 0 Å². The van der Waals surface area contributed by atoms with E-state index in [4.69, 9.17) is 28.9 Å². The normalized spacial score (nSPS) is 10.5. The summed E-state index contributed by atoms with van der Waals surface area (Å²) >= 11 is 11.9. The number of ether oxygens (including phenoxy) is 1. The molecule has 0 aliphatic carbocycles. The van der Waals surface area contributed by atoms with Gasteiger partial charge in [0.05, 0.1) is 19.3 Å². The van der Waals surface area contributed by atoms with Gasteiger partial charge in [-0.2, -0.15) is 5.10 Å². The zero-order valence-corrected chi connectivity index (χ0v) is 11.6. The van der Waals surface area contributed by atoms with Gasteiger partial charge in [0, 0.05) is 16.2 Å². The second-order valence-electron chi connectivity index (χ2n) is 3.86. The van der Waals surface area contributed by atoms with Crippen LogP contribution in [0.4, 0.5) is 5.69 Å². The van der Waals surface area contributed by atoms with Crippen LogP contribution in [0.3, 0.4) is 0 Å². The standard InChI is InChI=1S/C12H11Cl2N3O2/c1-19-12(18)11-10(15)6-17(16-11)5-7-2-3-8(13)4-9(7)14/h2-4,6H,5,15H2,1H3. The highest BCUT2D eigenvalue weighted by Gasteiger charge is 2.15. The summed E-state index contributed by atoms with van der Waals surface area (Å²) in [4.78, 5) is 11.4. The van der Waals surface area contributed by atoms with Crippen LogP contribution in [0.1, 0.15) is 16.1 Å². The maximum atomic E-state index is 11.4. The van der Waals surface area contributed by atoms with E-state index in [-0.39, 0.29) is 11.4 Å². The summed E-state index contributed by atoms with van der Waals surface area (Å²) < 4.78 is 6.11. The number of hydrogen-bond donors (Lipinski definition) is 1. The van der Waals surface area contributed by atoms with Crippen LogP contribution >= 0.6 is 23.2 Å². The van der Waals surface area contributed by atoms with Crippen LogP contribution in [0.25, 0.3) is 0 Å². The lowest BCUT2D eigenvalue weighted by Gasteiger charge is -2.04. The Morgan fingerprint density at radius 2 is 2.21 bits per heavy atom. The zero-order chi connectivity index (χ0) is 14.0. The quantitative estimate of drug-likeness (QED) is 0.885. The van der Waals surface area contributed by atoms with E-state index in [1.807, 2.05) is 0 Å². The van der Waals surface area contributed by atoms with Crippen molar-refractivity contribution in [1.29, 1.82) is 0 Å². The molecule has 1 heterocycles. The number of rotatable bonds is 3. The molecule has 0 unspecified atom stereocenters. The summed E-state index contributed by atoms with van der Waals surface area (Å²) in [5, 5.41) is 5.15. The molecule has 0 aliphatic heterocycles. The highest BCUT2D eigenvalue weighted by atomic mass is 35.5. The molecule has 0 spiro atoms. The fraction of sp³-hybridized carbons (Fsp3) is 0.167. The van der Waals surface area contributed by atoms with Gasteiger partial charge in [-0.3, -0.25) is 4.68 Å². The minimum atomic E-state index is -0.571. The number of nitrogen functional groups attached to an aromatic ring is 1. The molecule has 2 N–H and O–H groups in total. The number of benzene rings is 1. The highest BCUT2D eigenvalue weighted by Crippen LogP contribution is 2.22. The number of anilines is 1. The molecule has 0 amide bonds. The molecule has 0 aliphatic rings. The van der Waals surface area contributed by atoms with E-state index in [9.17, 15) is 4.79 Å². The van der Waals surface area contributed by atoms with Crippen molar-refractivity contribution in [1.82, 2.24) is 9.78 Å². The summed E-state index contributed by atoms with van der Waals surface area (Å²) in [5.74, 6) is -0.571. The third-order valence-electron chi connectivity index (χ3n) is 2.52. The summed E-state index contributed by atoms with van der Waals surface area (Å²) in [6.07, 6.45) is 1.55. The van der Waals surface area contributed by atoms with Gasteiger partial charge in [0.25, 0.3) is 0 Å². The van der Waals surface area contributed by atoms with Crippen molar-refractivity contribution in [3.63, 3.8) is 0 Å². The first kappa shape index (κ1) is 13.7. The van der Waals surface area contributed by atoms with Crippen molar-refractivity contribution < 1.29 is 9.53 Å². The third-order valence-corrected chi connectivity index (χ3v) is 3.10. The fourth-order valence-electron chi connectivity index (χ4n) is 1.60. The predicted octanol–water partition coefficient (Wildman–Crippen LogP) is 2.61. The SMILES string of the molecule is COC(=O)c1nn(Cc2ccc(Cl)cc2Cl)cc1N. The Balaban J connectivity index is 2.26. The van der Waals surface area contributed by atoms with Crippen molar-refractivity contribution in [2.45, 2.75) is 6.54 Å². The first-order valence-electron chi connectivity index (χ1n) is 5.36. The molecule has 0 saturated carbocycles. The first-order valence-corrected chi connectivity index (χ1v) is 6.12. The number of carbonyl (C=O) groups excluding carboxylic acids is 1. The average molecular weight is 300 g/mol. The van der Waals surface area contributed by atoms with Crippen LogP contribution in [0.2, 0.25) is 10.0 Å². The molecular formula is C12H11Cl2N3O2. The Labute approximate surface area is 119 Å². The van der Waals surface area contributed by atoms with Crippen LogP contribution in [0.15, 0.2) is 24.4 Å². The van der Waals surface area contributed by atoms with E-state index in [0.29, 0.717) is 16.6 Å². The lowest BCUT2D eigenvalue weighted by atomic mass is 10.2. The van der Waals surface area contributed by atoms with Gasteiger partial charge in [-0.15, -0.1) is 0 Å². The molecule has 100 valence electrons. The predicted molar refractivity (Wildman–Crippen MR) is 73.5 cm³/mol. The highest BCUT2D eigenvalue weighted by molar-refractivity contribution is 6.35. The van der Waals surface area contributed by atoms with Gasteiger partial charge in [0.2, 0.25) is 0 Å². The lowest BCUT2D eigenvalue weighted by molar-refractivity contribution is 0.0594. The van der Waals surface area contributed by atoms with Crippen molar-refractivity contribution in [3.05, 3.63) is 45.7 Å². The maximum Gasteiger partial charge on any atom is 0.360 e. The van der Waals surface area contributed by atoms with Crippen molar-refractivity contribution in [3.8, 4) is 0 Å². The van der Waals surface area contributed by atoms with Crippen LogP contribution in [0.5, 0.6) is 0 Å². The van der Waals surface area contributed by atoms with Gasteiger partial charge < -0.3 is 10.5 Å². The number of halogens is 2. The molecule has 0 atom stereocenters. The fourth-order valence-corrected chi connectivity index (χ4v) is 2.07. The first-order chi connectivity index (χ1) is 9.01. The molecule has 0 fully saturated rings. The number of aromatic nitrogens is 2. The van der Waals surface area contributed by atoms with Crippen molar-refractivity contribution in [2.24, 2.45) is 0 Å². The Bertz CT molecular complexity index is 625. The van der Waals surface area contributed by atoms with Gasteiger partial charge in [-0.05, 0) is 17.7 Å². The summed E-state index contributed by atoms with van der Waals surface area (Å²) in [6.45, 7) is 0.386. The van der Waals surface area contributed by atoms with Gasteiger partial charge >= 0.3 is 5.97 Å². The molecular weight excluding hydrogens is 289 g/mol. The Kier molecular flexibility index (Phi) is 3.97. The molecule has 1 aromatic carbocycles. The molecule has 1 aromatic heterocycles. The van der Waals surface area contributed by atoms with Crippen LogP contribution in [0, 0.1) is 0 Å². The molecule has 2 aromatic rings. The number of nitrogens with two attached hydrogens (primary N) is 1. The Hall–Kier alpha value is -1.72. The van der Waals surface area contributed by atoms with Crippen LogP contribution in [-0.2, 0) is 11.3 Å². The summed E-state index contributed by atoms with van der Waals surface area (Å²) in [6, 6.07) is 5.17. The monoisotopic (exact) mass is 299 g/mol. The molecule has 0 saturated heterocycles. The molecule has 19 heavy (non-hydrogen) atoms. The van der Waals surface area contributed by atoms with Crippen molar-refractivity contribution >= 4 is 34.9 Å². The van der Waals surface area contributed by atoms with Crippen LogP contribution in [-0.4, -0.2) is 22.9 Å². The Morgan fingerprint density at radius 1 is 1.47 bits per heavy atom. The van der Waals surface area contributed by atoms with E-state index < -0.39 is 5.97 Å². The largest absolute Gasteiger partial charge is 0.464 e. The molecule has 7 heteroatoms. The number of nitrogens with zero attached hydrogens (tertiary/aromatic N) is 2. The zero-order valence-electron chi connectivity index (χ0n) is 10.1. The van der Waals surface area contributed by atoms with Gasteiger partial charge in [0.15, 0.2) is 5.69 Å². The lowest BCUT2D eigenvalue weighted by Crippen LogP contribution is -2.07. The summed E-state index contributed by atoms with van der Waals surface area (Å²) in [5.41, 5.74) is 6.87. The van der Waals surface area contributed by atoms with E-state index in [1.54, 1.807) is 24.4 Å². The topological polar surface area (TPSA) is 70.1 Å². The number of hydrogen-bond acceptors (Lipinski definition) is 4. The number of methoxy groups -OCH3 is 1. The van der Waals surface area contributed by atoms with E-state index in [0.717, 1.165) is 5.56 Å². The van der Waals surface area contributed by atoms with Gasteiger partial charge in [-0.25, -0.2) is 4.79 Å². The minimum Gasteiger partial charge on any atom is -0.464 e. The van der Waals surface area contributed by atoms with Crippen LogP contribution < -0.4 is 5.73 Å². The molecule has 2 rings (SSSR count). The van der Waals surface area contributed by atoms with Gasteiger partial charge in [-0.1, -0.05) is 29.3 Å². The average Bonchev–Trinajstić information content (AvgIpc) is 2.73. The minimum absolute atomic E-state index is 0.0904. The Morgan fingerprint density at radius 3 is 2.84 bits per heavy atom. The number of esters is 1. The van der Waals surface area contributed by atoms with Crippen molar-refractivity contribution in [2.75, 3.05) is 12.8 Å². The smallest absolute Gasteiger partial charge is 0.360 e. The second kappa shape index (κ2) is 5.50. The third kappa shape index (κ3) is 3.00. The summed E-state index contributed by atoms with van der Waals surface area (Å²) in [7, 11) is 1.27. The molecule has 0 radical (unpaired) electrons. The van der Waals surface area contributed by atoms with E-state index >= 15 is 0 Å². The maximum absolute atomic E-state index is 11.4. The van der Waals surface area contributed by atoms with E-state index in [2.05, 4.69) is 9.84 Å². The molecule has 5 nitrogen and oxygen atoms in total. The van der Waals surface area contributed by atoms with E-state index in [1.165, 1.54) is 11.8 Å². The molecule has 0 bridgehead atoms. The number of carbonyl (C=O) groups is 1. The second-order valence-corrected chi connectivity index (χ2v) is 4.70.